The van der Waals surface area contributed by atoms with Crippen molar-refractivity contribution in [3.05, 3.63) is 18.0 Å². The monoisotopic (exact) mass is 343 g/mol. The van der Waals surface area contributed by atoms with Crippen LogP contribution in [0.4, 0.5) is 5.82 Å². The number of nitrogens with zero attached hydrogens (tertiary/aromatic N) is 7. The molecule has 0 radical (unpaired) electrons. The van der Waals surface area contributed by atoms with Crippen LogP contribution in [0.1, 0.15) is 25.1 Å². The molecule has 0 aliphatic carbocycles. The van der Waals surface area contributed by atoms with Gasteiger partial charge in [-0.3, -0.25) is 9.69 Å². The number of amides is 1. The van der Waals surface area contributed by atoms with Crippen LogP contribution in [0.25, 0.3) is 5.65 Å². The molecule has 8 nitrogen and oxygen atoms in total. The van der Waals surface area contributed by atoms with Gasteiger partial charge in [0.2, 0.25) is 5.91 Å². The number of anilines is 1. The van der Waals surface area contributed by atoms with Gasteiger partial charge in [-0.2, -0.15) is 4.52 Å². The first-order chi connectivity index (χ1) is 12.2. The van der Waals surface area contributed by atoms with E-state index in [0.29, 0.717) is 6.54 Å². The van der Waals surface area contributed by atoms with Crippen molar-refractivity contribution in [2.75, 3.05) is 50.7 Å². The molecule has 4 heterocycles. The van der Waals surface area contributed by atoms with Gasteiger partial charge in [0.05, 0.1) is 6.54 Å². The highest BCUT2D eigenvalue weighted by Crippen LogP contribution is 2.15. The minimum absolute atomic E-state index is 0.285. The van der Waals surface area contributed by atoms with Gasteiger partial charge in [-0.25, -0.2) is 0 Å². The van der Waals surface area contributed by atoms with Gasteiger partial charge in [0.15, 0.2) is 11.5 Å². The lowest BCUT2D eigenvalue weighted by molar-refractivity contribution is -0.133. The second kappa shape index (κ2) is 6.95. The first-order valence-electron chi connectivity index (χ1n) is 9.15. The van der Waals surface area contributed by atoms with Gasteiger partial charge in [-0.15, -0.1) is 15.3 Å². The molecule has 2 aromatic heterocycles. The number of likely N-dealkylation sites (tertiary alicyclic amines) is 1. The number of aromatic nitrogens is 4. The summed E-state index contributed by atoms with van der Waals surface area (Å²) in [7, 11) is 0. The molecule has 0 N–H and O–H groups in total. The summed E-state index contributed by atoms with van der Waals surface area (Å²) in [5, 5.41) is 12.8. The average Bonchev–Trinajstić information content (AvgIpc) is 3.03. The van der Waals surface area contributed by atoms with Crippen LogP contribution in [0, 0.1) is 6.92 Å². The van der Waals surface area contributed by atoms with E-state index in [0.717, 1.165) is 69.4 Å². The predicted molar refractivity (Wildman–Crippen MR) is 94.6 cm³/mol. The fraction of sp³-hybridized carbons (Fsp3) is 0.647. The van der Waals surface area contributed by atoms with E-state index in [2.05, 4.69) is 25.1 Å². The number of piperidine rings is 1. The molecule has 2 saturated heterocycles. The molecule has 0 spiro atoms. The third-order valence-corrected chi connectivity index (χ3v) is 5.17. The van der Waals surface area contributed by atoms with Crippen LogP contribution in [0.3, 0.4) is 0 Å². The Balaban J connectivity index is 1.34. The topological polar surface area (TPSA) is 69.9 Å². The fourth-order valence-corrected chi connectivity index (χ4v) is 3.62. The number of aryl methyl sites for hydroxylation is 1. The van der Waals surface area contributed by atoms with Crippen LogP contribution in [-0.2, 0) is 4.79 Å². The second-order valence-electron chi connectivity index (χ2n) is 6.91. The lowest BCUT2D eigenvalue weighted by atomic mass is 10.1. The van der Waals surface area contributed by atoms with Gasteiger partial charge in [0.1, 0.15) is 5.82 Å². The zero-order valence-corrected chi connectivity index (χ0v) is 14.8. The van der Waals surface area contributed by atoms with Crippen LogP contribution in [0.2, 0.25) is 0 Å². The summed E-state index contributed by atoms with van der Waals surface area (Å²) in [4.78, 5) is 19.0. The molecule has 0 unspecified atom stereocenters. The van der Waals surface area contributed by atoms with Crippen LogP contribution < -0.4 is 4.90 Å². The van der Waals surface area contributed by atoms with E-state index in [1.807, 2.05) is 24.0 Å². The molecule has 0 bridgehead atoms. The van der Waals surface area contributed by atoms with Crippen LogP contribution in [0.5, 0.6) is 0 Å². The van der Waals surface area contributed by atoms with Crippen LogP contribution in [-0.4, -0.2) is 81.3 Å². The third kappa shape index (κ3) is 3.44. The molecular weight excluding hydrogens is 318 g/mol. The normalized spacial score (nSPS) is 19.6. The molecule has 2 aliphatic heterocycles. The number of piperazine rings is 1. The summed E-state index contributed by atoms with van der Waals surface area (Å²) < 4.78 is 1.78. The standard InChI is InChI=1S/C17H25N7O/c1-14-18-19-15-5-6-16(20-24(14)15)22-11-9-21(10-12-22)13-17(25)23-7-3-2-4-8-23/h5-6H,2-4,7-13H2,1H3. The fourth-order valence-electron chi connectivity index (χ4n) is 3.62. The molecule has 1 amide bonds. The molecule has 4 rings (SSSR count). The zero-order valence-electron chi connectivity index (χ0n) is 14.8. The molecule has 0 atom stereocenters. The smallest absolute Gasteiger partial charge is 0.236 e. The first-order valence-corrected chi connectivity index (χ1v) is 9.15. The Morgan fingerprint density at radius 3 is 2.52 bits per heavy atom. The molecular formula is C17H25N7O. The van der Waals surface area contributed by atoms with E-state index in [1.165, 1.54) is 6.42 Å². The highest BCUT2D eigenvalue weighted by atomic mass is 16.2. The lowest BCUT2D eigenvalue weighted by Crippen LogP contribution is -2.51. The summed E-state index contributed by atoms with van der Waals surface area (Å²) in [6.45, 7) is 7.86. The second-order valence-corrected chi connectivity index (χ2v) is 6.91. The minimum Gasteiger partial charge on any atom is -0.353 e. The summed E-state index contributed by atoms with van der Waals surface area (Å²) >= 11 is 0. The molecule has 0 saturated carbocycles. The zero-order chi connectivity index (χ0) is 17.2. The summed E-state index contributed by atoms with van der Waals surface area (Å²) in [6.07, 6.45) is 3.55. The van der Waals surface area contributed by atoms with Gasteiger partial charge in [0.25, 0.3) is 0 Å². The Kier molecular flexibility index (Phi) is 4.52. The van der Waals surface area contributed by atoms with Crippen molar-refractivity contribution in [2.24, 2.45) is 0 Å². The molecule has 0 aromatic carbocycles. The summed E-state index contributed by atoms with van der Waals surface area (Å²) in [5.74, 6) is 2.02. The predicted octanol–water partition coefficient (Wildman–Crippen LogP) is 0.567. The van der Waals surface area contributed by atoms with E-state index in [9.17, 15) is 4.79 Å². The van der Waals surface area contributed by atoms with E-state index in [1.54, 1.807) is 4.52 Å². The van der Waals surface area contributed by atoms with Crippen molar-refractivity contribution in [2.45, 2.75) is 26.2 Å². The summed E-state index contributed by atoms with van der Waals surface area (Å²) in [6, 6.07) is 3.95. The van der Waals surface area contributed by atoms with Crippen molar-refractivity contribution in [3.8, 4) is 0 Å². The Bertz CT molecular complexity index is 745. The lowest BCUT2D eigenvalue weighted by Gasteiger charge is -2.36. The van der Waals surface area contributed by atoms with Gasteiger partial charge in [-0.05, 0) is 38.3 Å². The highest BCUT2D eigenvalue weighted by Gasteiger charge is 2.23. The maximum atomic E-state index is 12.4. The average molecular weight is 343 g/mol. The molecule has 25 heavy (non-hydrogen) atoms. The SMILES string of the molecule is Cc1nnc2ccc(N3CCN(CC(=O)N4CCCCC4)CC3)nn12. The Labute approximate surface area is 147 Å². The van der Waals surface area contributed by atoms with E-state index < -0.39 is 0 Å². The van der Waals surface area contributed by atoms with Crippen molar-refractivity contribution in [1.29, 1.82) is 0 Å². The van der Waals surface area contributed by atoms with E-state index in [-0.39, 0.29) is 5.91 Å². The van der Waals surface area contributed by atoms with Crippen molar-refractivity contribution >= 4 is 17.4 Å². The molecule has 2 fully saturated rings. The van der Waals surface area contributed by atoms with Gasteiger partial charge < -0.3 is 9.80 Å². The molecule has 8 heteroatoms. The number of carbonyl (C=O) groups excluding carboxylic acids is 1. The molecule has 134 valence electrons. The Morgan fingerprint density at radius 2 is 1.76 bits per heavy atom. The maximum Gasteiger partial charge on any atom is 0.236 e. The first kappa shape index (κ1) is 16.3. The number of hydrogen-bond acceptors (Lipinski definition) is 6. The molecule has 2 aromatic rings. The van der Waals surface area contributed by atoms with Crippen LogP contribution in [0.15, 0.2) is 12.1 Å². The van der Waals surface area contributed by atoms with Crippen molar-refractivity contribution < 1.29 is 4.79 Å². The molecule has 2 aliphatic rings. The number of rotatable bonds is 3. The Morgan fingerprint density at radius 1 is 1.00 bits per heavy atom. The van der Waals surface area contributed by atoms with Gasteiger partial charge >= 0.3 is 0 Å². The number of hydrogen-bond donors (Lipinski definition) is 0. The summed E-state index contributed by atoms with van der Waals surface area (Å²) in [5.41, 5.74) is 0.770. The van der Waals surface area contributed by atoms with E-state index >= 15 is 0 Å². The third-order valence-electron chi connectivity index (χ3n) is 5.17. The minimum atomic E-state index is 0.285. The van der Waals surface area contributed by atoms with Gasteiger partial charge in [0, 0.05) is 39.3 Å². The van der Waals surface area contributed by atoms with Gasteiger partial charge in [-0.1, -0.05) is 0 Å². The number of fused-ring (bicyclic) bond motifs is 1. The largest absolute Gasteiger partial charge is 0.353 e. The highest BCUT2D eigenvalue weighted by molar-refractivity contribution is 5.78. The maximum absolute atomic E-state index is 12.4. The van der Waals surface area contributed by atoms with Crippen LogP contribution >= 0.6 is 0 Å². The quantitative estimate of drug-likeness (QED) is 0.811. The van der Waals surface area contributed by atoms with Crippen molar-refractivity contribution in [3.63, 3.8) is 0 Å². The van der Waals surface area contributed by atoms with Crippen molar-refractivity contribution in [1.82, 2.24) is 29.6 Å². The van der Waals surface area contributed by atoms with E-state index in [4.69, 9.17) is 0 Å². The number of carbonyl (C=O) groups is 1. The Hall–Kier alpha value is -2.22.